The highest BCUT2D eigenvalue weighted by atomic mass is 19.4. The number of para-hydroxylation sites is 1. The van der Waals surface area contributed by atoms with E-state index in [2.05, 4.69) is 25.3 Å². The minimum absolute atomic E-state index is 0.104. The molecular formula is C19H22F4N4O2. The molecule has 29 heavy (non-hydrogen) atoms. The average molecular weight is 414 g/mol. The van der Waals surface area contributed by atoms with Crippen molar-refractivity contribution in [2.75, 3.05) is 20.2 Å². The van der Waals surface area contributed by atoms with Crippen molar-refractivity contribution in [3.8, 4) is 11.6 Å². The highest BCUT2D eigenvalue weighted by Crippen LogP contribution is 2.17. The zero-order valence-electron chi connectivity index (χ0n) is 16.0. The van der Waals surface area contributed by atoms with Crippen LogP contribution in [0.3, 0.4) is 0 Å². The summed E-state index contributed by atoms with van der Waals surface area (Å²) in [5.41, 5.74) is 0.725. The molecule has 2 aromatic rings. The molecule has 0 aliphatic carbocycles. The molecule has 0 aliphatic heterocycles. The number of halogens is 4. The maximum Gasteiger partial charge on any atom is 0.422 e. The zero-order valence-corrected chi connectivity index (χ0v) is 16.0. The lowest BCUT2D eigenvalue weighted by atomic mass is 10.3. The van der Waals surface area contributed by atoms with Gasteiger partial charge in [0.15, 0.2) is 24.1 Å². The maximum atomic E-state index is 13.6. The molecule has 0 radical (unpaired) electrons. The van der Waals surface area contributed by atoms with E-state index in [1.807, 2.05) is 0 Å². The molecule has 1 unspecified atom stereocenters. The van der Waals surface area contributed by atoms with Crippen molar-refractivity contribution in [3.63, 3.8) is 0 Å². The molecule has 0 bridgehead atoms. The number of rotatable bonds is 8. The standard InChI is InChI=1S/C19H22F4N4O2/c1-13(29-16-6-4-3-5-15(16)20)9-26-18(24-2)27-11-14-7-8-17(25-10-14)28-12-19(21,22)23/h3-8,10,13H,9,11-12H2,1-2H3,(H2,24,26,27). The van der Waals surface area contributed by atoms with Gasteiger partial charge < -0.3 is 20.1 Å². The second-order valence-electron chi connectivity index (χ2n) is 6.07. The van der Waals surface area contributed by atoms with Gasteiger partial charge in [-0.25, -0.2) is 9.37 Å². The summed E-state index contributed by atoms with van der Waals surface area (Å²) in [6.07, 6.45) is -3.32. The Morgan fingerprint density at radius 3 is 2.55 bits per heavy atom. The fraction of sp³-hybridized carbons (Fsp3) is 0.368. The SMILES string of the molecule is CN=C(NCc1ccc(OCC(F)(F)F)nc1)NCC(C)Oc1ccccc1F. The number of pyridine rings is 1. The Bertz CT molecular complexity index is 798. The Hall–Kier alpha value is -3.04. The number of aromatic nitrogens is 1. The van der Waals surface area contributed by atoms with Crippen LogP contribution >= 0.6 is 0 Å². The first kappa shape index (κ1) is 22.3. The van der Waals surface area contributed by atoms with E-state index >= 15 is 0 Å². The predicted molar refractivity (Wildman–Crippen MR) is 100 cm³/mol. The van der Waals surface area contributed by atoms with E-state index in [0.29, 0.717) is 19.0 Å². The number of nitrogens with one attached hydrogen (secondary N) is 2. The monoisotopic (exact) mass is 414 g/mol. The van der Waals surface area contributed by atoms with Crippen LogP contribution in [0.4, 0.5) is 17.6 Å². The van der Waals surface area contributed by atoms with Crippen LogP contribution in [0.2, 0.25) is 0 Å². The van der Waals surface area contributed by atoms with Crippen LogP contribution in [-0.4, -0.2) is 43.4 Å². The quantitative estimate of drug-likeness (QED) is 0.394. The predicted octanol–water partition coefficient (Wildman–Crippen LogP) is 3.29. The van der Waals surface area contributed by atoms with Crippen molar-refractivity contribution >= 4 is 5.96 Å². The van der Waals surface area contributed by atoms with E-state index in [1.165, 1.54) is 18.3 Å². The van der Waals surface area contributed by atoms with Crippen LogP contribution in [0.25, 0.3) is 0 Å². The molecule has 6 nitrogen and oxygen atoms in total. The Kier molecular flexibility index (Phi) is 8.05. The Morgan fingerprint density at radius 2 is 1.93 bits per heavy atom. The smallest absolute Gasteiger partial charge is 0.422 e. The summed E-state index contributed by atoms with van der Waals surface area (Å²) in [4.78, 5) is 7.91. The fourth-order valence-electron chi connectivity index (χ4n) is 2.20. The van der Waals surface area contributed by atoms with Crippen LogP contribution in [0.1, 0.15) is 12.5 Å². The summed E-state index contributed by atoms with van der Waals surface area (Å²) >= 11 is 0. The largest absolute Gasteiger partial charge is 0.486 e. The number of hydrogen-bond donors (Lipinski definition) is 2. The molecule has 0 spiro atoms. The normalized spacial score (nSPS) is 13.0. The van der Waals surface area contributed by atoms with Gasteiger partial charge in [0.05, 0.1) is 6.54 Å². The van der Waals surface area contributed by atoms with Gasteiger partial charge in [0.25, 0.3) is 0 Å². The molecule has 2 rings (SSSR count). The molecule has 0 saturated heterocycles. The third-order valence-electron chi connectivity index (χ3n) is 3.59. The van der Waals surface area contributed by atoms with Gasteiger partial charge in [-0.2, -0.15) is 13.2 Å². The number of benzene rings is 1. The average Bonchev–Trinajstić information content (AvgIpc) is 2.68. The lowest BCUT2D eigenvalue weighted by molar-refractivity contribution is -0.154. The third-order valence-corrected chi connectivity index (χ3v) is 3.59. The summed E-state index contributed by atoms with van der Waals surface area (Å²) in [5, 5.41) is 6.09. The molecule has 1 aromatic carbocycles. The maximum absolute atomic E-state index is 13.6. The van der Waals surface area contributed by atoms with Gasteiger partial charge in [-0.3, -0.25) is 4.99 Å². The Labute approximate surface area is 166 Å². The van der Waals surface area contributed by atoms with Crippen molar-refractivity contribution in [1.82, 2.24) is 15.6 Å². The van der Waals surface area contributed by atoms with Crippen LogP contribution in [-0.2, 0) is 6.54 Å². The molecule has 0 aliphatic rings. The van der Waals surface area contributed by atoms with Gasteiger partial charge in [-0.05, 0) is 24.6 Å². The Balaban J connectivity index is 1.76. The minimum atomic E-state index is -4.41. The second kappa shape index (κ2) is 10.5. The molecule has 0 fully saturated rings. The molecule has 158 valence electrons. The second-order valence-corrected chi connectivity index (χ2v) is 6.07. The minimum Gasteiger partial charge on any atom is -0.486 e. The van der Waals surface area contributed by atoms with Crippen molar-refractivity contribution in [1.29, 1.82) is 0 Å². The molecule has 10 heteroatoms. The summed E-state index contributed by atoms with van der Waals surface area (Å²) in [5.74, 6) is 0.111. The van der Waals surface area contributed by atoms with Crippen molar-refractivity contribution in [2.24, 2.45) is 4.99 Å². The van der Waals surface area contributed by atoms with E-state index in [-0.39, 0.29) is 17.7 Å². The lowest BCUT2D eigenvalue weighted by Gasteiger charge is -2.18. The number of ether oxygens (including phenoxy) is 2. The molecule has 0 saturated carbocycles. The summed E-state index contributed by atoms with van der Waals surface area (Å²) in [6, 6.07) is 9.11. The van der Waals surface area contributed by atoms with Gasteiger partial charge >= 0.3 is 6.18 Å². The van der Waals surface area contributed by atoms with Gasteiger partial charge in [0.1, 0.15) is 6.10 Å². The van der Waals surface area contributed by atoms with Crippen LogP contribution in [0.5, 0.6) is 11.6 Å². The van der Waals surface area contributed by atoms with E-state index in [1.54, 1.807) is 38.2 Å². The van der Waals surface area contributed by atoms with E-state index < -0.39 is 18.6 Å². The van der Waals surface area contributed by atoms with Gasteiger partial charge in [0.2, 0.25) is 5.88 Å². The van der Waals surface area contributed by atoms with Crippen LogP contribution in [0, 0.1) is 5.82 Å². The molecule has 1 aromatic heterocycles. The van der Waals surface area contributed by atoms with Gasteiger partial charge in [0, 0.05) is 25.9 Å². The summed E-state index contributed by atoms with van der Waals surface area (Å²) in [6.45, 7) is 1.11. The van der Waals surface area contributed by atoms with Crippen LogP contribution in [0.15, 0.2) is 47.6 Å². The molecule has 1 heterocycles. The van der Waals surface area contributed by atoms with E-state index in [0.717, 1.165) is 5.56 Å². The molecule has 1 atom stereocenters. The fourth-order valence-corrected chi connectivity index (χ4v) is 2.20. The first-order chi connectivity index (χ1) is 13.8. The number of hydrogen-bond acceptors (Lipinski definition) is 4. The third kappa shape index (κ3) is 8.24. The van der Waals surface area contributed by atoms with Gasteiger partial charge in [-0.15, -0.1) is 0 Å². The summed E-state index contributed by atoms with van der Waals surface area (Å²) in [7, 11) is 1.59. The number of guanidine groups is 1. The van der Waals surface area contributed by atoms with Crippen molar-refractivity contribution in [2.45, 2.75) is 25.7 Å². The zero-order chi connectivity index (χ0) is 21.3. The topological polar surface area (TPSA) is 67.8 Å². The number of nitrogens with zero attached hydrogens (tertiary/aromatic N) is 2. The highest BCUT2D eigenvalue weighted by molar-refractivity contribution is 5.79. The highest BCUT2D eigenvalue weighted by Gasteiger charge is 2.28. The van der Waals surface area contributed by atoms with Crippen molar-refractivity contribution < 1.29 is 27.0 Å². The molecule has 0 amide bonds. The Morgan fingerprint density at radius 1 is 1.17 bits per heavy atom. The van der Waals surface area contributed by atoms with Gasteiger partial charge in [-0.1, -0.05) is 18.2 Å². The molecular weight excluding hydrogens is 392 g/mol. The molecule has 2 N–H and O–H groups in total. The van der Waals surface area contributed by atoms with E-state index in [4.69, 9.17) is 4.74 Å². The number of aliphatic imine (C=N–C) groups is 1. The first-order valence-corrected chi connectivity index (χ1v) is 8.77. The lowest BCUT2D eigenvalue weighted by Crippen LogP contribution is -2.41. The van der Waals surface area contributed by atoms with Crippen LogP contribution < -0.4 is 20.1 Å². The summed E-state index contributed by atoms with van der Waals surface area (Å²) < 4.78 is 60.1. The van der Waals surface area contributed by atoms with E-state index in [9.17, 15) is 17.6 Å². The van der Waals surface area contributed by atoms with Crippen molar-refractivity contribution in [3.05, 3.63) is 54.0 Å². The first-order valence-electron chi connectivity index (χ1n) is 8.77. The number of alkyl halides is 3.